The molecule has 4 aromatic rings. The van der Waals surface area contributed by atoms with Gasteiger partial charge in [0, 0.05) is 48.5 Å². The maximum atomic E-state index is 4.84. The number of anilines is 2. The van der Waals surface area contributed by atoms with Crippen molar-refractivity contribution in [3.63, 3.8) is 0 Å². The van der Waals surface area contributed by atoms with Gasteiger partial charge in [-0.1, -0.05) is 24.3 Å². The molecule has 6 nitrogen and oxygen atoms in total. The maximum absolute atomic E-state index is 4.84. The second-order valence-electron chi connectivity index (χ2n) is 8.45. The van der Waals surface area contributed by atoms with Gasteiger partial charge in [0.2, 0.25) is 0 Å². The number of para-hydroxylation sites is 1. The third-order valence-corrected chi connectivity index (χ3v) is 6.18. The highest BCUT2D eigenvalue weighted by atomic mass is 15.1. The zero-order valence-corrected chi connectivity index (χ0v) is 18.1. The van der Waals surface area contributed by atoms with Crippen LogP contribution in [-0.4, -0.2) is 37.5 Å². The Kier molecular flexibility index (Phi) is 5.38. The van der Waals surface area contributed by atoms with E-state index < -0.39 is 0 Å². The molecule has 1 fully saturated rings. The number of aryl methyl sites for hydroxylation is 2. The molecule has 1 aromatic carbocycles. The number of aromatic nitrogens is 4. The Bertz CT molecular complexity index is 1190. The first-order valence-electron chi connectivity index (χ1n) is 10.9. The molecular formula is C25H28N6. The lowest BCUT2D eigenvalue weighted by atomic mass is 9.93. The van der Waals surface area contributed by atoms with Crippen molar-refractivity contribution in [2.75, 3.05) is 18.4 Å². The summed E-state index contributed by atoms with van der Waals surface area (Å²) in [6.45, 7) is 5.14. The van der Waals surface area contributed by atoms with Gasteiger partial charge in [0.05, 0.1) is 11.9 Å². The zero-order valence-electron chi connectivity index (χ0n) is 18.1. The molecule has 1 saturated heterocycles. The normalized spacial score (nSPS) is 15.4. The third-order valence-electron chi connectivity index (χ3n) is 6.18. The smallest absolute Gasteiger partial charge is 0.150 e. The molecule has 0 atom stereocenters. The van der Waals surface area contributed by atoms with Crippen LogP contribution in [0.4, 0.5) is 11.6 Å². The van der Waals surface area contributed by atoms with Crippen LogP contribution >= 0.6 is 0 Å². The first-order valence-corrected chi connectivity index (χ1v) is 10.9. The number of hydrogen-bond acceptors (Lipinski definition) is 5. The number of benzene rings is 1. The van der Waals surface area contributed by atoms with Crippen molar-refractivity contribution in [2.45, 2.75) is 32.2 Å². The number of fused-ring (bicyclic) bond motifs is 1. The van der Waals surface area contributed by atoms with Crippen LogP contribution in [0.15, 0.2) is 61.1 Å². The van der Waals surface area contributed by atoms with Crippen LogP contribution in [0.5, 0.6) is 0 Å². The number of rotatable bonds is 5. The largest absolute Gasteiger partial charge is 0.350 e. The molecule has 5 rings (SSSR count). The Labute approximate surface area is 183 Å². The predicted molar refractivity (Wildman–Crippen MR) is 124 cm³/mol. The highest BCUT2D eigenvalue weighted by Crippen LogP contribution is 2.29. The van der Waals surface area contributed by atoms with Crippen molar-refractivity contribution < 1.29 is 0 Å². The average Bonchev–Trinajstić information content (AvgIpc) is 3.10. The van der Waals surface area contributed by atoms with E-state index in [0.29, 0.717) is 5.92 Å². The monoisotopic (exact) mass is 412 g/mol. The lowest BCUT2D eigenvalue weighted by Crippen LogP contribution is -2.32. The fourth-order valence-corrected chi connectivity index (χ4v) is 4.56. The molecule has 0 radical (unpaired) electrons. The molecular weight excluding hydrogens is 384 g/mol. The molecule has 6 heteroatoms. The zero-order chi connectivity index (χ0) is 21.2. The van der Waals surface area contributed by atoms with Gasteiger partial charge in [-0.25, -0.2) is 9.97 Å². The third kappa shape index (κ3) is 4.30. The van der Waals surface area contributed by atoms with Crippen molar-refractivity contribution in [2.24, 2.45) is 7.05 Å². The molecule has 1 aliphatic rings. The summed E-state index contributed by atoms with van der Waals surface area (Å²) in [7, 11) is 2.13. The number of nitrogens with one attached hydrogen (secondary N) is 1. The fraction of sp³-hybridized carbons (Fsp3) is 0.320. The SMILES string of the molecule is Cc1cccc(Nc2cncc(C3CCN(Cc4cn(C)c5ccccc45)CC3)n2)n1. The standard InChI is InChI=1S/C25H28N6/c1-18-6-5-9-24(27-18)29-25-15-26-14-22(28-25)19-10-12-31(13-11-19)17-20-16-30(2)23-8-4-3-7-21(20)23/h3-9,14-16,19H,10-13,17H2,1-2H3,(H,27,28,29). The average molecular weight is 413 g/mol. The van der Waals surface area contributed by atoms with Crippen LogP contribution in [0.3, 0.4) is 0 Å². The highest BCUT2D eigenvalue weighted by Gasteiger charge is 2.23. The van der Waals surface area contributed by atoms with Crippen LogP contribution in [0.1, 0.15) is 35.7 Å². The second kappa shape index (κ2) is 8.47. The van der Waals surface area contributed by atoms with Crippen LogP contribution in [0.2, 0.25) is 0 Å². The minimum atomic E-state index is 0.448. The Morgan fingerprint density at radius 3 is 2.65 bits per heavy atom. The van der Waals surface area contributed by atoms with Gasteiger partial charge in [-0.3, -0.25) is 9.88 Å². The molecule has 0 spiro atoms. The topological polar surface area (TPSA) is 58.9 Å². The number of likely N-dealkylation sites (tertiary alicyclic amines) is 1. The van der Waals surface area contributed by atoms with E-state index in [4.69, 9.17) is 4.98 Å². The molecule has 31 heavy (non-hydrogen) atoms. The lowest BCUT2D eigenvalue weighted by Gasteiger charge is -2.31. The number of hydrogen-bond donors (Lipinski definition) is 1. The second-order valence-corrected chi connectivity index (χ2v) is 8.45. The van der Waals surface area contributed by atoms with Crippen molar-refractivity contribution in [3.05, 3.63) is 78.0 Å². The number of nitrogens with zero attached hydrogens (tertiary/aromatic N) is 5. The van der Waals surface area contributed by atoms with Crippen LogP contribution < -0.4 is 5.32 Å². The van der Waals surface area contributed by atoms with Crippen molar-refractivity contribution in [3.8, 4) is 0 Å². The molecule has 0 saturated carbocycles. The predicted octanol–water partition coefficient (Wildman–Crippen LogP) is 4.79. The summed E-state index contributed by atoms with van der Waals surface area (Å²) < 4.78 is 2.23. The van der Waals surface area contributed by atoms with Crippen molar-refractivity contribution in [1.29, 1.82) is 0 Å². The summed E-state index contributed by atoms with van der Waals surface area (Å²) in [6, 6.07) is 14.6. The molecule has 1 N–H and O–H groups in total. The summed E-state index contributed by atoms with van der Waals surface area (Å²) >= 11 is 0. The van der Waals surface area contributed by atoms with Gasteiger partial charge in [-0.05, 0) is 56.6 Å². The van der Waals surface area contributed by atoms with E-state index in [9.17, 15) is 0 Å². The highest BCUT2D eigenvalue weighted by molar-refractivity contribution is 5.83. The maximum Gasteiger partial charge on any atom is 0.150 e. The van der Waals surface area contributed by atoms with Gasteiger partial charge in [0.1, 0.15) is 11.6 Å². The van der Waals surface area contributed by atoms with Crippen molar-refractivity contribution in [1.82, 2.24) is 24.4 Å². The van der Waals surface area contributed by atoms with E-state index in [1.54, 1.807) is 6.20 Å². The van der Waals surface area contributed by atoms with Gasteiger partial charge >= 0.3 is 0 Å². The fourth-order valence-electron chi connectivity index (χ4n) is 4.56. The van der Waals surface area contributed by atoms with Crippen LogP contribution in [0.25, 0.3) is 10.9 Å². The van der Waals surface area contributed by atoms with E-state index in [1.807, 2.05) is 31.3 Å². The first kappa shape index (κ1) is 19.7. The minimum Gasteiger partial charge on any atom is -0.350 e. The summed E-state index contributed by atoms with van der Waals surface area (Å²) in [5.41, 5.74) is 4.76. The first-order chi connectivity index (χ1) is 15.2. The van der Waals surface area contributed by atoms with E-state index in [0.717, 1.165) is 55.5 Å². The van der Waals surface area contributed by atoms with Gasteiger partial charge in [-0.15, -0.1) is 0 Å². The van der Waals surface area contributed by atoms with Gasteiger partial charge in [-0.2, -0.15) is 0 Å². The Morgan fingerprint density at radius 1 is 0.968 bits per heavy atom. The molecule has 158 valence electrons. The quantitative estimate of drug-likeness (QED) is 0.510. The minimum absolute atomic E-state index is 0.448. The van der Waals surface area contributed by atoms with Gasteiger partial charge in [0.15, 0.2) is 0 Å². The van der Waals surface area contributed by atoms with Gasteiger partial charge < -0.3 is 9.88 Å². The summed E-state index contributed by atoms with van der Waals surface area (Å²) in [5, 5.41) is 4.65. The van der Waals surface area contributed by atoms with Crippen LogP contribution in [0, 0.1) is 6.92 Å². The Morgan fingerprint density at radius 2 is 1.81 bits per heavy atom. The molecule has 0 unspecified atom stereocenters. The number of pyridine rings is 1. The lowest BCUT2D eigenvalue weighted by molar-refractivity contribution is 0.204. The van der Waals surface area contributed by atoms with Crippen LogP contribution in [-0.2, 0) is 13.6 Å². The molecule has 0 bridgehead atoms. The van der Waals surface area contributed by atoms with E-state index >= 15 is 0 Å². The van der Waals surface area contributed by atoms with Crippen molar-refractivity contribution >= 4 is 22.5 Å². The molecule has 0 amide bonds. The van der Waals surface area contributed by atoms with E-state index in [-0.39, 0.29) is 0 Å². The molecule has 4 heterocycles. The van der Waals surface area contributed by atoms with Gasteiger partial charge in [0.25, 0.3) is 0 Å². The Hall–Kier alpha value is -3.25. The summed E-state index contributed by atoms with van der Waals surface area (Å²) in [4.78, 5) is 16.3. The summed E-state index contributed by atoms with van der Waals surface area (Å²) in [5.74, 6) is 2.01. The molecule has 3 aromatic heterocycles. The number of piperidine rings is 1. The molecule has 0 aliphatic carbocycles. The summed E-state index contributed by atoms with van der Waals surface area (Å²) in [6.07, 6.45) is 8.16. The van der Waals surface area contributed by atoms with E-state index in [2.05, 4.69) is 62.3 Å². The van der Waals surface area contributed by atoms with E-state index in [1.165, 1.54) is 16.5 Å². The Balaban J connectivity index is 1.23. The molecule has 1 aliphatic heterocycles.